The van der Waals surface area contributed by atoms with E-state index in [1.54, 1.807) is 17.0 Å². The molecule has 30 heavy (non-hydrogen) atoms. The fourth-order valence-corrected chi connectivity index (χ4v) is 3.31. The van der Waals surface area contributed by atoms with Crippen LogP contribution < -0.4 is 10.4 Å². The third-order valence-electron chi connectivity index (χ3n) is 5.66. The highest BCUT2D eigenvalue weighted by Gasteiger charge is 2.40. The Morgan fingerprint density at radius 1 is 1.33 bits per heavy atom. The van der Waals surface area contributed by atoms with Crippen LogP contribution in [0.25, 0.3) is 0 Å². The van der Waals surface area contributed by atoms with Gasteiger partial charge in [-0.15, -0.1) is 17.4 Å². The Balaban J connectivity index is 1.54. The van der Waals surface area contributed by atoms with Crippen molar-refractivity contribution in [1.29, 1.82) is 10.8 Å². The molecule has 1 fully saturated rings. The minimum atomic E-state index is -0.429. The molecule has 3 rings (SSSR count). The smallest absolute Gasteiger partial charge is 0.222 e. The Labute approximate surface area is 177 Å². The van der Waals surface area contributed by atoms with Gasteiger partial charge in [-0.1, -0.05) is 20.8 Å². The molecule has 2 N–H and O–H groups in total. The quantitative estimate of drug-likeness (QED) is 0.408. The monoisotopic (exact) mass is 410 g/mol. The number of carbonyl (C=O) groups is 1. The van der Waals surface area contributed by atoms with E-state index < -0.39 is 11.1 Å². The summed E-state index contributed by atoms with van der Waals surface area (Å²) in [5, 5.41) is 29.1. The average molecular weight is 411 g/mol. The van der Waals surface area contributed by atoms with Crippen LogP contribution in [-0.2, 0) is 4.79 Å². The molecule has 0 radical (unpaired) electrons. The number of terminal acetylenes is 1. The number of rotatable bonds is 7. The second-order valence-electron chi connectivity index (χ2n) is 9.04. The van der Waals surface area contributed by atoms with E-state index in [-0.39, 0.29) is 23.3 Å². The van der Waals surface area contributed by atoms with Crippen molar-refractivity contribution < 1.29 is 4.79 Å². The first-order valence-electron chi connectivity index (χ1n) is 10.2. The maximum atomic E-state index is 12.6. The Kier molecular flexibility index (Phi) is 5.79. The van der Waals surface area contributed by atoms with E-state index >= 15 is 0 Å². The van der Waals surface area contributed by atoms with Crippen LogP contribution in [0, 0.1) is 28.6 Å². The zero-order valence-corrected chi connectivity index (χ0v) is 18.1. The first-order valence-corrected chi connectivity index (χ1v) is 10.2. The van der Waals surface area contributed by atoms with Crippen LogP contribution in [0.15, 0.2) is 22.4 Å². The lowest BCUT2D eigenvalue weighted by Gasteiger charge is -2.44. The lowest BCUT2D eigenvalue weighted by atomic mass is 9.95. The highest BCUT2D eigenvalue weighted by Crippen LogP contribution is 2.37. The molecule has 1 aromatic rings. The number of carbonyl (C=O) groups excluding carboxylic acids is 1. The van der Waals surface area contributed by atoms with Gasteiger partial charge >= 0.3 is 0 Å². The number of amides is 1. The fraction of sp³-hybridized carbons (Fsp3) is 0.619. The second-order valence-corrected chi connectivity index (χ2v) is 9.04. The number of nitrogens with one attached hydrogen (secondary N) is 2. The summed E-state index contributed by atoms with van der Waals surface area (Å²) < 4.78 is 1.37. The summed E-state index contributed by atoms with van der Waals surface area (Å²) in [6.07, 6.45) is 7.64. The largest absolute Gasteiger partial charge is 0.351 e. The Bertz CT molecular complexity index is 952. The van der Waals surface area contributed by atoms with Gasteiger partial charge < -0.3 is 9.80 Å². The van der Waals surface area contributed by atoms with Crippen molar-refractivity contribution >= 4 is 17.6 Å². The van der Waals surface area contributed by atoms with Crippen molar-refractivity contribution in [2.75, 3.05) is 25.0 Å². The molecule has 2 aliphatic rings. The van der Waals surface area contributed by atoms with Gasteiger partial charge in [0.1, 0.15) is 17.1 Å². The fourth-order valence-electron chi connectivity index (χ4n) is 3.31. The molecular weight excluding hydrogens is 380 g/mol. The molecule has 0 spiro atoms. The van der Waals surface area contributed by atoms with Gasteiger partial charge in [-0.2, -0.15) is 14.9 Å². The van der Waals surface area contributed by atoms with Crippen molar-refractivity contribution in [3.63, 3.8) is 0 Å². The summed E-state index contributed by atoms with van der Waals surface area (Å²) in [6.45, 7) is 7.12. The molecule has 160 valence electrons. The molecule has 0 atom stereocenters. The van der Waals surface area contributed by atoms with Gasteiger partial charge in [0.05, 0.1) is 6.04 Å². The van der Waals surface area contributed by atoms with Gasteiger partial charge in [0.25, 0.3) is 0 Å². The zero-order valence-electron chi connectivity index (χ0n) is 18.1. The van der Waals surface area contributed by atoms with Crippen LogP contribution in [0.2, 0.25) is 0 Å². The minimum absolute atomic E-state index is 0.0797. The molecular formula is C21H30N8O. The number of hydrogen-bond acceptors (Lipinski definition) is 7. The van der Waals surface area contributed by atoms with Crippen LogP contribution >= 0.6 is 0 Å². The predicted molar refractivity (Wildman–Crippen MR) is 114 cm³/mol. The normalized spacial score (nSPS) is 17.2. The molecule has 0 saturated carbocycles. The Hall–Kier alpha value is -3.02. The SMILES string of the molecule is C#CCCC1(CCC(=O)N(C)C2CN(c3ccc(=N)n(C(=N)C(C)(C)C)n3)C2)N=N1. The summed E-state index contributed by atoms with van der Waals surface area (Å²) in [5.74, 6) is 3.66. The van der Waals surface area contributed by atoms with E-state index in [0.717, 1.165) is 0 Å². The van der Waals surface area contributed by atoms with Gasteiger partial charge in [0, 0.05) is 51.2 Å². The van der Waals surface area contributed by atoms with Crippen molar-refractivity contribution in [3.05, 3.63) is 17.6 Å². The van der Waals surface area contributed by atoms with E-state index in [2.05, 4.69) is 26.1 Å². The highest BCUT2D eigenvalue weighted by molar-refractivity contribution is 5.85. The maximum Gasteiger partial charge on any atom is 0.222 e. The van der Waals surface area contributed by atoms with E-state index in [1.165, 1.54) is 4.68 Å². The Morgan fingerprint density at radius 2 is 2.00 bits per heavy atom. The maximum absolute atomic E-state index is 12.6. The lowest BCUT2D eigenvalue weighted by Crippen LogP contribution is -2.60. The van der Waals surface area contributed by atoms with Crippen molar-refractivity contribution in [3.8, 4) is 12.3 Å². The number of nitrogens with zero attached hydrogens (tertiary/aromatic N) is 6. The number of anilines is 1. The zero-order chi connectivity index (χ0) is 22.1. The minimum Gasteiger partial charge on any atom is -0.351 e. The summed E-state index contributed by atoms with van der Waals surface area (Å²) in [6, 6.07) is 3.56. The molecule has 0 aliphatic carbocycles. The van der Waals surface area contributed by atoms with Crippen molar-refractivity contribution in [2.45, 2.75) is 58.2 Å². The van der Waals surface area contributed by atoms with Crippen LogP contribution in [0.5, 0.6) is 0 Å². The van der Waals surface area contributed by atoms with Crippen LogP contribution in [0.4, 0.5) is 5.82 Å². The van der Waals surface area contributed by atoms with Crippen molar-refractivity contribution in [2.24, 2.45) is 15.6 Å². The average Bonchev–Trinajstić information content (AvgIpc) is 3.43. The van der Waals surface area contributed by atoms with Gasteiger partial charge in [0.2, 0.25) is 5.91 Å². The molecule has 1 aromatic heterocycles. The Morgan fingerprint density at radius 3 is 2.57 bits per heavy atom. The van der Waals surface area contributed by atoms with E-state index in [4.69, 9.17) is 17.2 Å². The number of likely N-dealkylation sites (N-methyl/N-ethyl adjacent to an activating group) is 1. The third-order valence-corrected chi connectivity index (χ3v) is 5.66. The molecule has 9 heteroatoms. The van der Waals surface area contributed by atoms with E-state index in [1.807, 2.05) is 27.8 Å². The highest BCUT2D eigenvalue weighted by atomic mass is 16.2. The number of hydrogen-bond donors (Lipinski definition) is 2. The summed E-state index contributed by atoms with van der Waals surface area (Å²) in [7, 11) is 1.83. The van der Waals surface area contributed by atoms with Crippen LogP contribution in [-0.4, -0.2) is 58.3 Å². The molecule has 0 aromatic carbocycles. The standard InChI is InChI=1S/C21H30N8O/c1-6-7-11-21(25-26-21)12-10-18(30)27(5)15-13-28(14-15)17-9-8-16(22)29(24-17)19(23)20(2,3)4/h1,8-9,15,22-23H,7,10-14H2,2-5H3. The van der Waals surface area contributed by atoms with Crippen LogP contribution in [0.3, 0.4) is 0 Å². The van der Waals surface area contributed by atoms with Gasteiger partial charge in [-0.25, -0.2) is 0 Å². The summed E-state index contributed by atoms with van der Waals surface area (Å²) >= 11 is 0. The van der Waals surface area contributed by atoms with E-state index in [0.29, 0.717) is 44.6 Å². The van der Waals surface area contributed by atoms with Gasteiger partial charge in [0.15, 0.2) is 5.66 Å². The first-order chi connectivity index (χ1) is 14.1. The van der Waals surface area contributed by atoms with Gasteiger partial charge in [-0.05, 0) is 12.1 Å². The topological polar surface area (TPSA) is 114 Å². The molecule has 9 nitrogen and oxygen atoms in total. The first kappa shape index (κ1) is 21.7. The predicted octanol–water partition coefficient (Wildman–Crippen LogP) is 2.24. The van der Waals surface area contributed by atoms with Crippen LogP contribution in [0.1, 0.15) is 46.5 Å². The molecule has 3 heterocycles. The van der Waals surface area contributed by atoms with Crippen molar-refractivity contribution in [1.82, 2.24) is 14.7 Å². The molecule has 2 aliphatic heterocycles. The molecule has 0 unspecified atom stereocenters. The summed E-state index contributed by atoms with van der Waals surface area (Å²) in [4.78, 5) is 16.4. The number of aromatic nitrogens is 2. The molecule has 0 bridgehead atoms. The molecule has 1 saturated heterocycles. The second kappa shape index (κ2) is 8.01. The summed E-state index contributed by atoms with van der Waals surface area (Å²) in [5.41, 5.74) is -0.659. The lowest BCUT2D eigenvalue weighted by molar-refractivity contribution is -0.132. The molecule has 1 amide bonds. The third kappa shape index (κ3) is 4.58. The van der Waals surface area contributed by atoms with Gasteiger partial charge in [-0.3, -0.25) is 15.6 Å². The van der Waals surface area contributed by atoms with E-state index in [9.17, 15) is 4.79 Å².